The van der Waals surface area contributed by atoms with Gasteiger partial charge in [0.05, 0.1) is 19.3 Å². The van der Waals surface area contributed by atoms with Crippen LogP contribution in [0.3, 0.4) is 0 Å². The topological polar surface area (TPSA) is 55.8 Å². The van der Waals surface area contributed by atoms with Gasteiger partial charge in [0.1, 0.15) is 5.60 Å². The Balaban J connectivity index is 2.78. The summed E-state index contributed by atoms with van der Waals surface area (Å²) in [6.07, 6.45) is 5.72. The molecule has 0 aromatic heterocycles. The van der Waals surface area contributed by atoms with Gasteiger partial charge in [0.25, 0.3) is 0 Å². The number of ether oxygens (including phenoxy) is 2. The Morgan fingerprint density at radius 2 is 2.36 bits per heavy atom. The molecule has 14 heavy (non-hydrogen) atoms. The first kappa shape index (κ1) is 10.8. The molecule has 0 saturated heterocycles. The summed E-state index contributed by atoms with van der Waals surface area (Å²) >= 11 is 0. The average Bonchev–Trinajstić information content (AvgIpc) is 2.17. The number of carboxylic acid groups (broad SMARTS) is 1. The molecule has 0 amide bonds. The van der Waals surface area contributed by atoms with Gasteiger partial charge in [0.15, 0.2) is 0 Å². The number of rotatable bonds is 4. The van der Waals surface area contributed by atoms with Crippen LogP contribution in [0.1, 0.15) is 12.8 Å². The van der Waals surface area contributed by atoms with Crippen LogP contribution < -0.4 is 0 Å². The van der Waals surface area contributed by atoms with E-state index in [4.69, 9.17) is 14.6 Å². The van der Waals surface area contributed by atoms with E-state index in [2.05, 4.69) is 0 Å². The molecule has 0 saturated carbocycles. The number of methoxy groups -OCH3 is 2. The molecule has 0 fully saturated rings. The molecule has 1 aliphatic carbocycles. The summed E-state index contributed by atoms with van der Waals surface area (Å²) in [6, 6.07) is 0. The Morgan fingerprint density at radius 3 is 2.86 bits per heavy atom. The SMILES string of the molecule is COC1=CC=CC(CC(=O)O)(OC)C1. The molecule has 1 N–H and O–H groups in total. The second-order valence-corrected chi connectivity index (χ2v) is 3.21. The highest BCUT2D eigenvalue weighted by molar-refractivity contribution is 5.69. The van der Waals surface area contributed by atoms with Gasteiger partial charge in [-0.05, 0) is 6.08 Å². The van der Waals surface area contributed by atoms with E-state index in [0.717, 1.165) is 5.76 Å². The Hall–Kier alpha value is -1.29. The molecular weight excluding hydrogens is 184 g/mol. The number of carboxylic acids is 1. The quantitative estimate of drug-likeness (QED) is 0.740. The van der Waals surface area contributed by atoms with Crippen LogP contribution in [0, 0.1) is 0 Å². The van der Waals surface area contributed by atoms with Crippen LogP contribution in [-0.2, 0) is 14.3 Å². The van der Waals surface area contributed by atoms with Crippen LogP contribution in [0.15, 0.2) is 24.0 Å². The van der Waals surface area contributed by atoms with Crippen molar-refractivity contribution in [2.45, 2.75) is 18.4 Å². The van der Waals surface area contributed by atoms with Crippen molar-refractivity contribution < 1.29 is 19.4 Å². The van der Waals surface area contributed by atoms with Gasteiger partial charge in [-0.15, -0.1) is 0 Å². The van der Waals surface area contributed by atoms with Crippen LogP contribution in [0.4, 0.5) is 0 Å². The summed E-state index contributed by atoms with van der Waals surface area (Å²) < 4.78 is 10.3. The summed E-state index contributed by atoms with van der Waals surface area (Å²) in [5.41, 5.74) is -0.758. The average molecular weight is 198 g/mol. The fourth-order valence-corrected chi connectivity index (χ4v) is 1.47. The van der Waals surface area contributed by atoms with Crippen LogP contribution in [0.25, 0.3) is 0 Å². The van der Waals surface area contributed by atoms with Crippen molar-refractivity contribution in [2.75, 3.05) is 14.2 Å². The summed E-state index contributed by atoms with van der Waals surface area (Å²) in [5.74, 6) is -0.149. The first-order valence-corrected chi connectivity index (χ1v) is 4.31. The summed E-state index contributed by atoms with van der Waals surface area (Å²) in [4.78, 5) is 10.7. The molecule has 0 bridgehead atoms. The summed E-state index contributed by atoms with van der Waals surface area (Å²) in [5, 5.41) is 8.75. The van der Waals surface area contributed by atoms with Crippen LogP contribution in [-0.4, -0.2) is 30.9 Å². The maximum Gasteiger partial charge on any atom is 0.306 e. The maximum atomic E-state index is 10.7. The van der Waals surface area contributed by atoms with Crippen molar-refractivity contribution in [1.82, 2.24) is 0 Å². The second-order valence-electron chi connectivity index (χ2n) is 3.21. The molecule has 0 radical (unpaired) electrons. The molecule has 1 unspecified atom stereocenters. The van der Waals surface area contributed by atoms with Gasteiger partial charge in [-0.1, -0.05) is 12.2 Å². The minimum Gasteiger partial charge on any atom is -0.501 e. The summed E-state index contributed by atoms with van der Waals surface area (Å²) in [6.45, 7) is 0. The molecule has 0 heterocycles. The zero-order valence-corrected chi connectivity index (χ0v) is 8.32. The normalized spacial score (nSPS) is 25.7. The number of aliphatic carboxylic acids is 1. The maximum absolute atomic E-state index is 10.7. The highest BCUT2D eigenvalue weighted by atomic mass is 16.5. The third-order valence-corrected chi connectivity index (χ3v) is 2.27. The zero-order chi connectivity index (χ0) is 10.6. The number of allylic oxidation sites excluding steroid dienone is 2. The van der Waals surface area contributed by atoms with Crippen molar-refractivity contribution >= 4 is 5.97 Å². The molecule has 1 rings (SSSR count). The molecule has 78 valence electrons. The lowest BCUT2D eigenvalue weighted by molar-refractivity contribution is -0.142. The smallest absolute Gasteiger partial charge is 0.306 e. The van der Waals surface area contributed by atoms with Gasteiger partial charge in [-0.3, -0.25) is 4.79 Å². The molecule has 1 atom stereocenters. The fraction of sp³-hybridized carbons (Fsp3) is 0.500. The Labute approximate surface area is 82.8 Å². The van der Waals surface area contributed by atoms with E-state index in [1.165, 1.54) is 7.11 Å². The molecule has 4 heteroatoms. The lowest BCUT2D eigenvalue weighted by atomic mass is 9.90. The molecule has 0 aliphatic heterocycles. The standard InChI is InChI=1S/C10H14O4/c1-13-8-4-3-5-10(6-8,14-2)7-9(11)12/h3-5H,6-7H2,1-2H3,(H,11,12). The minimum absolute atomic E-state index is 0.0549. The predicted octanol–water partition coefficient (Wildman–Crippen LogP) is 1.34. The summed E-state index contributed by atoms with van der Waals surface area (Å²) in [7, 11) is 3.07. The van der Waals surface area contributed by atoms with Crippen molar-refractivity contribution in [1.29, 1.82) is 0 Å². The first-order chi connectivity index (χ1) is 6.62. The van der Waals surface area contributed by atoms with E-state index in [1.807, 2.05) is 0 Å². The Bertz CT molecular complexity index is 280. The molecule has 0 aromatic carbocycles. The highest BCUT2D eigenvalue weighted by Gasteiger charge is 2.33. The zero-order valence-electron chi connectivity index (χ0n) is 8.32. The van der Waals surface area contributed by atoms with Gasteiger partial charge in [-0.25, -0.2) is 0 Å². The van der Waals surface area contributed by atoms with E-state index < -0.39 is 11.6 Å². The first-order valence-electron chi connectivity index (χ1n) is 4.31. The van der Waals surface area contributed by atoms with Gasteiger partial charge < -0.3 is 14.6 Å². The van der Waals surface area contributed by atoms with E-state index in [-0.39, 0.29) is 6.42 Å². The van der Waals surface area contributed by atoms with Crippen molar-refractivity contribution in [2.24, 2.45) is 0 Å². The monoisotopic (exact) mass is 198 g/mol. The number of hydrogen-bond acceptors (Lipinski definition) is 3. The van der Waals surface area contributed by atoms with E-state index in [9.17, 15) is 4.79 Å². The molecule has 0 aromatic rings. The van der Waals surface area contributed by atoms with Crippen LogP contribution in [0.5, 0.6) is 0 Å². The lowest BCUT2D eigenvalue weighted by Crippen LogP contribution is -2.34. The third kappa shape index (κ3) is 2.35. The van der Waals surface area contributed by atoms with Crippen LogP contribution >= 0.6 is 0 Å². The van der Waals surface area contributed by atoms with E-state index in [1.54, 1.807) is 25.3 Å². The second kappa shape index (κ2) is 4.28. The van der Waals surface area contributed by atoms with Crippen molar-refractivity contribution in [3.05, 3.63) is 24.0 Å². The number of hydrogen-bond donors (Lipinski definition) is 1. The largest absolute Gasteiger partial charge is 0.501 e. The third-order valence-electron chi connectivity index (χ3n) is 2.27. The van der Waals surface area contributed by atoms with E-state index in [0.29, 0.717) is 6.42 Å². The fourth-order valence-electron chi connectivity index (χ4n) is 1.47. The molecular formula is C10H14O4. The Morgan fingerprint density at radius 1 is 1.64 bits per heavy atom. The highest BCUT2D eigenvalue weighted by Crippen LogP contribution is 2.29. The Kier molecular flexibility index (Phi) is 3.30. The van der Waals surface area contributed by atoms with Crippen LogP contribution in [0.2, 0.25) is 0 Å². The van der Waals surface area contributed by atoms with Crippen molar-refractivity contribution in [3.8, 4) is 0 Å². The minimum atomic E-state index is -0.881. The molecule has 4 nitrogen and oxygen atoms in total. The predicted molar refractivity (Wildman–Crippen MR) is 50.8 cm³/mol. The van der Waals surface area contributed by atoms with Gasteiger partial charge in [0.2, 0.25) is 0 Å². The molecule has 0 spiro atoms. The van der Waals surface area contributed by atoms with E-state index >= 15 is 0 Å². The van der Waals surface area contributed by atoms with Crippen molar-refractivity contribution in [3.63, 3.8) is 0 Å². The molecule has 1 aliphatic rings. The van der Waals surface area contributed by atoms with Gasteiger partial charge >= 0.3 is 5.97 Å². The lowest BCUT2D eigenvalue weighted by Gasteiger charge is -2.30. The number of carbonyl (C=O) groups is 1. The van der Waals surface area contributed by atoms with Gasteiger partial charge in [0, 0.05) is 13.5 Å². The van der Waals surface area contributed by atoms with Gasteiger partial charge in [-0.2, -0.15) is 0 Å².